The molecule has 0 aliphatic rings. The van der Waals surface area contributed by atoms with Crippen LogP contribution in [0.25, 0.3) is 0 Å². The van der Waals surface area contributed by atoms with E-state index in [2.05, 4.69) is 4.74 Å². The van der Waals surface area contributed by atoms with E-state index >= 15 is 0 Å². The second-order valence-electron chi connectivity index (χ2n) is 2.46. The van der Waals surface area contributed by atoms with Crippen LogP contribution >= 0.6 is 0 Å². The average Bonchev–Trinajstić information content (AvgIpc) is 2.06. The van der Waals surface area contributed by atoms with Gasteiger partial charge in [0.15, 0.2) is 18.2 Å². The third-order valence-corrected chi connectivity index (χ3v) is 1.31. The molecule has 0 bridgehead atoms. The SMILES string of the molecule is Fc1cccc(OCC(F)(F)F)c1F. The Morgan fingerprint density at radius 3 is 2.36 bits per heavy atom. The fourth-order valence-corrected chi connectivity index (χ4v) is 0.755. The second kappa shape index (κ2) is 3.81. The Balaban J connectivity index is 2.73. The maximum Gasteiger partial charge on any atom is 0.422 e. The molecule has 0 aliphatic carbocycles. The number of ether oxygens (including phenoxy) is 1. The molecule has 14 heavy (non-hydrogen) atoms. The molecule has 0 amide bonds. The van der Waals surface area contributed by atoms with Crippen LogP contribution < -0.4 is 4.74 Å². The van der Waals surface area contributed by atoms with Crippen LogP contribution in [0.1, 0.15) is 0 Å². The van der Waals surface area contributed by atoms with Crippen LogP contribution in [0.2, 0.25) is 0 Å². The lowest BCUT2D eigenvalue weighted by atomic mass is 10.3. The molecule has 0 saturated heterocycles. The molecule has 6 heteroatoms. The van der Waals surface area contributed by atoms with Crippen LogP contribution in [0, 0.1) is 11.6 Å². The van der Waals surface area contributed by atoms with Crippen molar-refractivity contribution >= 4 is 0 Å². The molecule has 0 fully saturated rings. The van der Waals surface area contributed by atoms with Crippen molar-refractivity contribution < 1.29 is 26.7 Å². The molecule has 78 valence electrons. The summed E-state index contributed by atoms with van der Waals surface area (Å²) >= 11 is 0. The van der Waals surface area contributed by atoms with Gasteiger partial charge in [0, 0.05) is 0 Å². The minimum absolute atomic E-state index is 0.748. The lowest BCUT2D eigenvalue weighted by Crippen LogP contribution is -2.19. The molecule has 0 aliphatic heterocycles. The van der Waals surface area contributed by atoms with Gasteiger partial charge in [-0.1, -0.05) is 6.07 Å². The first-order valence-electron chi connectivity index (χ1n) is 3.54. The zero-order valence-corrected chi connectivity index (χ0v) is 6.74. The Morgan fingerprint density at radius 1 is 1.14 bits per heavy atom. The number of benzene rings is 1. The zero-order valence-electron chi connectivity index (χ0n) is 6.74. The first kappa shape index (κ1) is 10.7. The van der Waals surface area contributed by atoms with Gasteiger partial charge >= 0.3 is 6.18 Å². The van der Waals surface area contributed by atoms with Crippen molar-refractivity contribution in [3.8, 4) is 5.75 Å². The van der Waals surface area contributed by atoms with Crippen molar-refractivity contribution in [2.45, 2.75) is 6.18 Å². The van der Waals surface area contributed by atoms with Crippen LogP contribution in [0.4, 0.5) is 22.0 Å². The van der Waals surface area contributed by atoms with Gasteiger partial charge < -0.3 is 4.74 Å². The van der Waals surface area contributed by atoms with Crippen molar-refractivity contribution in [1.29, 1.82) is 0 Å². The highest BCUT2D eigenvalue weighted by Gasteiger charge is 2.29. The monoisotopic (exact) mass is 212 g/mol. The minimum Gasteiger partial charge on any atom is -0.481 e. The van der Waals surface area contributed by atoms with Crippen molar-refractivity contribution in [3.05, 3.63) is 29.8 Å². The van der Waals surface area contributed by atoms with Crippen LogP contribution in [-0.4, -0.2) is 12.8 Å². The van der Waals surface area contributed by atoms with E-state index in [1.54, 1.807) is 0 Å². The lowest BCUT2D eigenvalue weighted by molar-refractivity contribution is -0.153. The quantitative estimate of drug-likeness (QED) is 0.685. The van der Waals surface area contributed by atoms with Gasteiger partial charge in [-0.25, -0.2) is 4.39 Å². The predicted octanol–water partition coefficient (Wildman–Crippen LogP) is 2.91. The molecule has 0 radical (unpaired) electrons. The summed E-state index contributed by atoms with van der Waals surface area (Å²) in [5, 5.41) is 0. The first-order valence-corrected chi connectivity index (χ1v) is 3.54. The van der Waals surface area contributed by atoms with E-state index in [1.807, 2.05) is 0 Å². The number of alkyl halides is 3. The van der Waals surface area contributed by atoms with Gasteiger partial charge in [0.05, 0.1) is 0 Å². The standard InChI is InChI=1S/C8H5F5O/c9-5-2-1-3-6(7(5)10)14-4-8(11,12)13/h1-3H,4H2. The molecule has 1 nitrogen and oxygen atoms in total. The summed E-state index contributed by atoms with van der Waals surface area (Å²) in [6, 6.07) is 2.77. The number of hydrogen-bond donors (Lipinski definition) is 0. The third-order valence-electron chi connectivity index (χ3n) is 1.31. The highest BCUT2D eigenvalue weighted by Crippen LogP contribution is 2.22. The summed E-state index contributed by atoms with van der Waals surface area (Å²) in [4.78, 5) is 0. The van der Waals surface area contributed by atoms with Gasteiger partial charge in [-0.3, -0.25) is 0 Å². The van der Waals surface area contributed by atoms with E-state index in [0.29, 0.717) is 0 Å². The summed E-state index contributed by atoms with van der Waals surface area (Å²) < 4.78 is 64.1. The molecule has 0 N–H and O–H groups in total. The van der Waals surface area contributed by atoms with Gasteiger partial charge in [-0.05, 0) is 12.1 Å². The average molecular weight is 212 g/mol. The highest BCUT2D eigenvalue weighted by atomic mass is 19.4. The topological polar surface area (TPSA) is 9.23 Å². The normalized spacial score (nSPS) is 11.5. The van der Waals surface area contributed by atoms with E-state index in [0.717, 1.165) is 18.2 Å². The second-order valence-corrected chi connectivity index (χ2v) is 2.46. The van der Waals surface area contributed by atoms with Gasteiger partial charge in [0.2, 0.25) is 5.82 Å². The minimum atomic E-state index is -4.57. The molecule has 0 spiro atoms. The summed E-state index contributed by atoms with van der Waals surface area (Å²) in [6.45, 7) is -1.65. The largest absolute Gasteiger partial charge is 0.481 e. The maximum absolute atomic E-state index is 12.7. The first-order chi connectivity index (χ1) is 6.40. The predicted molar refractivity (Wildman–Crippen MR) is 37.9 cm³/mol. The summed E-state index contributed by atoms with van der Waals surface area (Å²) in [7, 11) is 0. The Labute approximate surface area is 76.1 Å². The fraction of sp³-hybridized carbons (Fsp3) is 0.250. The fourth-order valence-electron chi connectivity index (χ4n) is 0.755. The van der Waals surface area contributed by atoms with Gasteiger partial charge in [-0.2, -0.15) is 17.6 Å². The van der Waals surface area contributed by atoms with Crippen LogP contribution in [0.5, 0.6) is 5.75 Å². The lowest BCUT2D eigenvalue weighted by Gasteiger charge is -2.09. The van der Waals surface area contributed by atoms with E-state index in [1.165, 1.54) is 0 Å². The molecule has 1 aromatic rings. The number of halogens is 5. The molecule has 1 aromatic carbocycles. The van der Waals surface area contributed by atoms with E-state index in [-0.39, 0.29) is 0 Å². The van der Waals surface area contributed by atoms with Crippen molar-refractivity contribution in [1.82, 2.24) is 0 Å². The third kappa shape index (κ3) is 2.86. The van der Waals surface area contributed by atoms with Crippen LogP contribution in [0.3, 0.4) is 0 Å². The van der Waals surface area contributed by atoms with E-state index < -0.39 is 30.2 Å². The Kier molecular flexibility index (Phi) is 2.93. The molecule has 0 saturated carbocycles. The van der Waals surface area contributed by atoms with Crippen molar-refractivity contribution in [2.75, 3.05) is 6.61 Å². The smallest absolute Gasteiger partial charge is 0.422 e. The van der Waals surface area contributed by atoms with Crippen LogP contribution in [-0.2, 0) is 0 Å². The van der Waals surface area contributed by atoms with Crippen molar-refractivity contribution in [2.24, 2.45) is 0 Å². The molecule has 1 rings (SSSR count). The van der Waals surface area contributed by atoms with Gasteiger partial charge in [-0.15, -0.1) is 0 Å². The zero-order chi connectivity index (χ0) is 10.8. The molecule has 0 atom stereocenters. The molecule has 0 aromatic heterocycles. The Hall–Kier alpha value is -1.33. The van der Waals surface area contributed by atoms with Crippen molar-refractivity contribution in [3.63, 3.8) is 0 Å². The molecule has 0 unspecified atom stereocenters. The van der Waals surface area contributed by atoms with E-state index in [9.17, 15) is 22.0 Å². The van der Waals surface area contributed by atoms with Crippen LogP contribution in [0.15, 0.2) is 18.2 Å². The Bertz CT molecular complexity index is 320. The molecular weight excluding hydrogens is 207 g/mol. The summed E-state index contributed by atoms with van der Waals surface area (Å²) in [5.74, 6) is -3.41. The maximum atomic E-state index is 12.7. The number of rotatable bonds is 2. The summed E-state index contributed by atoms with van der Waals surface area (Å²) in [5.41, 5.74) is 0. The molecule has 0 heterocycles. The van der Waals surface area contributed by atoms with Gasteiger partial charge in [0.25, 0.3) is 0 Å². The van der Waals surface area contributed by atoms with E-state index in [4.69, 9.17) is 0 Å². The number of hydrogen-bond acceptors (Lipinski definition) is 1. The highest BCUT2D eigenvalue weighted by molar-refractivity contribution is 5.24. The Morgan fingerprint density at radius 2 is 1.79 bits per heavy atom. The molecular formula is C8H5F5O. The van der Waals surface area contributed by atoms with Gasteiger partial charge in [0.1, 0.15) is 0 Å². The summed E-state index contributed by atoms with van der Waals surface area (Å²) in [6.07, 6.45) is -4.57.